The third kappa shape index (κ3) is 2.75. The van der Waals surface area contributed by atoms with Crippen molar-refractivity contribution in [3.63, 3.8) is 0 Å². The summed E-state index contributed by atoms with van der Waals surface area (Å²) in [6.07, 6.45) is 1.37. The SMILES string of the molecule is Cc1cc(NC(=O)CCN2C(=O)NC(C)(c3ccco3)C2=O)no1. The Labute approximate surface area is 137 Å². The highest BCUT2D eigenvalue weighted by Gasteiger charge is 2.50. The molecule has 4 amide bonds. The summed E-state index contributed by atoms with van der Waals surface area (Å²) in [7, 11) is 0. The molecule has 9 nitrogen and oxygen atoms in total. The third-order valence-corrected chi connectivity index (χ3v) is 3.75. The summed E-state index contributed by atoms with van der Waals surface area (Å²) in [5, 5.41) is 8.77. The maximum Gasteiger partial charge on any atom is 0.325 e. The number of nitrogens with one attached hydrogen (secondary N) is 2. The third-order valence-electron chi connectivity index (χ3n) is 3.75. The second kappa shape index (κ2) is 5.84. The van der Waals surface area contributed by atoms with Crippen LogP contribution < -0.4 is 10.6 Å². The molecule has 9 heteroatoms. The van der Waals surface area contributed by atoms with Crippen LogP contribution in [0.1, 0.15) is 24.9 Å². The minimum atomic E-state index is -1.26. The Morgan fingerprint density at radius 1 is 1.46 bits per heavy atom. The second-order valence-electron chi connectivity index (χ2n) is 5.61. The first-order valence-corrected chi connectivity index (χ1v) is 7.31. The van der Waals surface area contributed by atoms with Gasteiger partial charge in [0.2, 0.25) is 5.91 Å². The zero-order chi connectivity index (χ0) is 17.3. The van der Waals surface area contributed by atoms with E-state index in [2.05, 4.69) is 15.8 Å². The molecule has 0 spiro atoms. The van der Waals surface area contributed by atoms with Crippen LogP contribution in [0.25, 0.3) is 0 Å². The van der Waals surface area contributed by atoms with Crippen LogP contribution in [0.15, 0.2) is 33.4 Å². The largest absolute Gasteiger partial charge is 0.466 e. The smallest absolute Gasteiger partial charge is 0.325 e. The average Bonchev–Trinajstić information content (AvgIpc) is 3.22. The van der Waals surface area contributed by atoms with E-state index >= 15 is 0 Å². The van der Waals surface area contributed by atoms with Crippen molar-refractivity contribution in [1.29, 1.82) is 0 Å². The number of aryl methyl sites for hydroxylation is 1. The molecule has 1 atom stereocenters. The molecule has 1 aliphatic rings. The van der Waals surface area contributed by atoms with Gasteiger partial charge in [-0.05, 0) is 26.0 Å². The number of carbonyl (C=O) groups is 3. The van der Waals surface area contributed by atoms with Gasteiger partial charge >= 0.3 is 6.03 Å². The fraction of sp³-hybridized carbons (Fsp3) is 0.333. The number of carbonyl (C=O) groups excluding carboxylic acids is 3. The molecule has 1 saturated heterocycles. The number of hydrogen-bond donors (Lipinski definition) is 2. The summed E-state index contributed by atoms with van der Waals surface area (Å²) < 4.78 is 10.1. The monoisotopic (exact) mass is 332 g/mol. The van der Waals surface area contributed by atoms with Gasteiger partial charge in [0.15, 0.2) is 11.4 Å². The molecule has 1 fully saturated rings. The molecule has 0 aromatic carbocycles. The summed E-state index contributed by atoms with van der Waals surface area (Å²) in [6.45, 7) is 3.21. The molecule has 24 heavy (non-hydrogen) atoms. The van der Waals surface area contributed by atoms with Gasteiger partial charge < -0.3 is 19.6 Å². The van der Waals surface area contributed by atoms with Gasteiger partial charge in [0.05, 0.1) is 6.26 Å². The predicted octanol–water partition coefficient (Wildman–Crippen LogP) is 1.37. The molecule has 1 unspecified atom stereocenters. The van der Waals surface area contributed by atoms with Crippen LogP contribution in [-0.4, -0.2) is 34.4 Å². The molecule has 0 radical (unpaired) electrons. The van der Waals surface area contributed by atoms with Crippen molar-refractivity contribution in [2.75, 3.05) is 11.9 Å². The van der Waals surface area contributed by atoms with Crippen molar-refractivity contribution >= 4 is 23.7 Å². The maximum absolute atomic E-state index is 12.5. The molecule has 2 N–H and O–H groups in total. The van der Waals surface area contributed by atoms with Crippen LogP contribution in [0, 0.1) is 6.92 Å². The average molecular weight is 332 g/mol. The molecule has 3 heterocycles. The van der Waals surface area contributed by atoms with E-state index in [4.69, 9.17) is 8.94 Å². The highest BCUT2D eigenvalue weighted by Crippen LogP contribution is 2.29. The predicted molar refractivity (Wildman–Crippen MR) is 80.8 cm³/mol. The maximum atomic E-state index is 12.5. The van der Waals surface area contributed by atoms with E-state index in [1.165, 1.54) is 6.26 Å². The molecule has 1 aliphatic heterocycles. The Balaban J connectivity index is 1.62. The molecule has 0 saturated carbocycles. The fourth-order valence-corrected chi connectivity index (χ4v) is 2.47. The molecule has 2 aromatic rings. The van der Waals surface area contributed by atoms with Gasteiger partial charge in [-0.1, -0.05) is 5.16 Å². The number of aromatic nitrogens is 1. The summed E-state index contributed by atoms with van der Waals surface area (Å²) in [4.78, 5) is 37.5. The molecule has 3 rings (SSSR count). The van der Waals surface area contributed by atoms with Gasteiger partial charge in [-0.15, -0.1) is 0 Å². The highest BCUT2D eigenvalue weighted by molar-refractivity contribution is 6.07. The summed E-state index contributed by atoms with van der Waals surface area (Å²) in [6, 6.07) is 4.25. The molecular formula is C15H16N4O5. The lowest BCUT2D eigenvalue weighted by Gasteiger charge is -2.18. The number of hydrogen-bond acceptors (Lipinski definition) is 6. The highest BCUT2D eigenvalue weighted by atomic mass is 16.5. The first-order valence-electron chi connectivity index (χ1n) is 7.31. The van der Waals surface area contributed by atoms with E-state index in [-0.39, 0.29) is 24.7 Å². The van der Waals surface area contributed by atoms with E-state index in [1.54, 1.807) is 32.0 Å². The number of rotatable bonds is 5. The lowest BCUT2D eigenvalue weighted by atomic mass is 9.99. The van der Waals surface area contributed by atoms with Crippen molar-refractivity contribution < 1.29 is 23.3 Å². The summed E-state index contributed by atoms with van der Waals surface area (Å²) >= 11 is 0. The number of anilines is 1. The zero-order valence-electron chi connectivity index (χ0n) is 13.2. The summed E-state index contributed by atoms with van der Waals surface area (Å²) in [5.41, 5.74) is -1.26. The number of nitrogens with zero attached hydrogens (tertiary/aromatic N) is 2. The fourth-order valence-electron chi connectivity index (χ4n) is 2.47. The van der Waals surface area contributed by atoms with Crippen LogP contribution in [0.3, 0.4) is 0 Å². The van der Waals surface area contributed by atoms with Gasteiger partial charge in [0.25, 0.3) is 5.91 Å². The molecule has 0 aliphatic carbocycles. The first kappa shape index (κ1) is 15.8. The number of imide groups is 1. The number of furan rings is 1. The van der Waals surface area contributed by atoms with Gasteiger partial charge in [-0.3, -0.25) is 14.5 Å². The Kier molecular flexibility index (Phi) is 3.84. The molecule has 0 bridgehead atoms. The van der Waals surface area contributed by atoms with Crippen LogP contribution in [0.2, 0.25) is 0 Å². The van der Waals surface area contributed by atoms with E-state index in [1.807, 2.05) is 0 Å². The topological polar surface area (TPSA) is 118 Å². The zero-order valence-corrected chi connectivity index (χ0v) is 13.2. The van der Waals surface area contributed by atoms with Crippen LogP contribution >= 0.6 is 0 Å². The standard InChI is InChI=1S/C15H16N4O5/c1-9-8-11(18-24-9)16-12(20)5-6-19-13(21)15(2,17-14(19)22)10-4-3-7-23-10/h3-4,7-8H,5-6H2,1-2H3,(H,17,22)(H,16,18,20). The Bertz CT molecular complexity index is 782. The van der Waals surface area contributed by atoms with Crippen LogP contribution in [0.5, 0.6) is 0 Å². The number of amides is 4. The van der Waals surface area contributed by atoms with Crippen molar-refractivity contribution in [2.24, 2.45) is 0 Å². The normalized spacial score (nSPS) is 20.3. The number of urea groups is 1. The van der Waals surface area contributed by atoms with Gasteiger partial charge in [0.1, 0.15) is 11.5 Å². The van der Waals surface area contributed by atoms with E-state index in [9.17, 15) is 14.4 Å². The minimum absolute atomic E-state index is 0.0520. The van der Waals surface area contributed by atoms with Gasteiger partial charge in [-0.2, -0.15) is 0 Å². The quantitative estimate of drug-likeness (QED) is 0.799. The summed E-state index contributed by atoms with van der Waals surface area (Å²) in [5.74, 6) is 0.345. The molecular weight excluding hydrogens is 316 g/mol. The van der Waals surface area contributed by atoms with Crippen molar-refractivity contribution in [3.8, 4) is 0 Å². The lowest BCUT2D eigenvalue weighted by Crippen LogP contribution is -2.40. The molecule has 2 aromatic heterocycles. The van der Waals surface area contributed by atoms with Crippen LogP contribution in [-0.2, 0) is 15.1 Å². The Hall–Kier alpha value is -3.10. The van der Waals surface area contributed by atoms with E-state index in [0.717, 1.165) is 4.90 Å². The van der Waals surface area contributed by atoms with Crippen LogP contribution in [0.4, 0.5) is 10.6 Å². The Morgan fingerprint density at radius 3 is 2.88 bits per heavy atom. The van der Waals surface area contributed by atoms with Crippen molar-refractivity contribution in [2.45, 2.75) is 25.8 Å². The molecule has 126 valence electrons. The van der Waals surface area contributed by atoms with Gasteiger partial charge in [-0.25, -0.2) is 4.79 Å². The van der Waals surface area contributed by atoms with Crippen molar-refractivity contribution in [3.05, 3.63) is 36.0 Å². The minimum Gasteiger partial charge on any atom is -0.466 e. The van der Waals surface area contributed by atoms with E-state index in [0.29, 0.717) is 11.5 Å². The second-order valence-corrected chi connectivity index (χ2v) is 5.61. The van der Waals surface area contributed by atoms with Crippen molar-refractivity contribution in [1.82, 2.24) is 15.4 Å². The van der Waals surface area contributed by atoms with Gasteiger partial charge in [0, 0.05) is 19.0 Å². The Morgan fingerprint density at radius 2 is 2.25 bits per heavy atom. The first-order chi connectivity index (χ1) is 11.4. The lowest BCUT2D eigenvalue weighted by molar-refractivity contribution is -0.131. The van der Waals surface area contributed by atoms with E-state index < -0.39 is 17.5 Å².